The van der Waals surface area contributed by atoms with Crippen molar-refractivity contribution in [1.29, 1.82) is 0 Å². The number of anilines is 2. The lowest BCUT2D eigenvalue weighted by molar-refractivity contribution is 0.0607. The van der Waals surface area contributed by atoms with Gasteiger partial charge in [-0.25, -0.2) is 14.2 Å². The highest BCUT2D eigenvalue weighted by Crippen LogP contribution is 2.31. The highest BCUT2D eigenvalue weighted by atomic mass is 35.5. The average Bonchev–Trinajstić information content (AvgIpc) is 3.70. The summed E-state index contributed by atoms with van der Waals surface area (Å²) in [7, 11) is 0. The maximum Gasteiger partial charge on any atom is 0.319 e. The van der Waals surface area contributed by atoms with Gasteiger partial charge in [-0.15, -0.1) is 0 Å². The summed E-state index contributed by atoms with van der Waals surface area (Å²) in [6, 6.07) is 7.75. The standard InChI is InChI=1S/C27H35Cl2FN6O/c1-2-22-17-35(26-24(29)14-21(15-31-26)33-27(37)32-20-5-6-20)11-12-36(22)23-7-9-34(10-8-23)16-18-3-4-19(28)13-25(18)30/h3-4,13-15,20,22-23H,2,5-12,16-17H2,1H3,(H2,32,33,37). The number of carbonyl (C=O) groups is 1. The molecule has 0 spiro atoms. The van der Waals surface area contributed by atoms with Crippen molar-refractivity contribution in [2.45, 2.75) is 63.7 Å². The first-order valence-corrected chi connectivity index (χ1v) is 14.0. The summed E-state index contributed by atoms with van der Waals surface area (Å²) in [5.74, 6) is 0.544. The summed E-state index contributed by atoms with van der Waals surface area (Å²) in [6.07, 6.45) is 6.96. The van der Waals surface area contributed by atoms with Crippen molar-refractivity contribution in [3.05, 3.63) is 51.9 Å². The molecule has 1 aromatic carbocycles. The van der Waals surface area contributed by atoms with Gasteiger partial charge in [-0.3, -0.25) is 9.80 Å². The molecule has 2 N–H and O–H groups in total. The van der Waals surface area contributed by atoms with Crippen molar-refractivity contribution < 1.29 is 9.18 Å². The maximum atomic E-state index is 14.2. The van der Waals surface area contributed by atoms with Crippen molar-refractivity contribution in [3.63, 3.8) is 0 Å². The van der Waals surface area contributed by atoms with Crippen LogP contribution in [0.25, 0.3) is 0 Å². The van der Waals surface area contributed by atoms with Crippen LogP contribution in [0, 0.1) is 5.82 Å². The summed E-state index contributed by atoms with van der Waals surface area (Å²) in [5.41, 5.74) is 1.31. The molecule has 1 saturated carbocycles. The topological polar surface area (TPSA) is 63.7 Å². The predicted octanol–water partition coefficient (Wildman–Crippen LogP) is 5.38. The van der Waals surface area contributed by atoms with Gasteiger partial charge < -0.3 is 15.5 Å². The van der Waals surface area contributed by atoms with E-state index in [9.17, 15) is 9.18 Å². The minimum absolute atomic E-state index is 0.211. The number of carbonyl (C=O) groups excluding carboxylic acids is 1. The number of amides is 2. The average molecular weight is 550 g/mol. The van der Waals surface area contributed by atoms with E-state index in [4.69, 9.17) is 23.2 Å². The number of aromatic nitrogens is 1. The number of piperazine rings is 1. The second-order valence-corrected chi connectivity index (χ2v) is 11.2. The van der Waals surface area contributed by atoms with Gasteiger partial charge in [0.2, 0.25) is 0 Å². The Hall–Kier alpha value is -2.13. The molecule has 1 aromatic heterocycles. The molecule has 10 heteroatoms. The second-order valence-electron chi connectivity index (χ2n) is 10.4. The number of hydrogen-bond donors (Lipinski definition) is 2. The number of rotatable bonds is 7. The molecule has 5 rings (SSSR count). The van der Waals surface area contributed by atoms with Gasteiger partial charge in [-0.05, 0) is 63.4 Å². The van der Waals surface area contributed by atoms with Crippen LogP contribution in [-0.4, -0.2) is 71.7 Å². The van der Waals surface area contributed by atoms with Gasteiger partial charge in [0.15, 0.2) is 0 Å². The monoisotopic (exact) mass is 548 g/mol. The van der Waals surface area contributed by atoms with Gasteiger partial charge in [0.25, 0.3) is 0 Å². The van der Waals surface area contributed by atoms with Crippen LogP contribution in [-0.2, 0) is 6.54 Å². The molecule has 2 aliphatic heterocycles. The lowest BCUT2D eigenvalue weighted by atomic mass is 9.97. The van der Waals surface area contributed by atoms with E-state index in [-0.39, 0.29) is 11.8 Å². The van der Waals surface area contributed by atoms with Gasteiger partial charge in [-0.1, -0.05) is 36.2 Å². The zero-order valence-electron chi connectivity index (χ0n) is 21.2. The zero-order valence-corrected chi connectivity index (χ0v) is 22.7. The Labute approximate surface area is 228 Å². The summed E-state index contributed by atoms with van der Waals surface area (Å²) in [6.45, 7) is 7.46. The molecule has 200 valence electrons. The third-order valence-corrected chi connectivity index (χ3v) is 8.24. The third kappa shape index (κ3) is 6.66. The Bertz CT molecular complexity index is 1110. The summed E-state index contributed by atoms with van der Waals surface area (Å²) in [4.78, 5) is 23.9. The van der Waals surface area contributed by atoms with Crippen LogP contribution in [0.3, 0.4) is 0 Å². The molecule has 3 aliphatic rings. The molecule has 2 amide bonds. The van der Waals surface area contributed by atoms with Crippen molar-refractivity contribution >= 4 is 40.7 Å². The fourth-order valence-corrected chi connectivity index (χ4v) is 5.96. The molecule has 1 atom stereocenters. The highest BCUT2D eigenvalue weighted by Gasteiger charge is 2.34. The zero-order chi connectivity index (χ0) is 25.9. The summed E-state index contributed by atoms with van der Waals surface area (Å²) in [5, 5.41) is 6.72. The van der Waals surface area contributed by atoms with Crippen molar-refractivity contribution in [2.75, 3.05) is 42.9 Å². The Morgan fingerprint density at radius 1 is 1.11 bits per heavy atom. The molecular formula is C27H35Cl2FN6O. The van der Waals surface area contributed by atoms with E-state index in [0.717, 1.165) is 70.6 Å². The number of nitrogens with one attached hydrogen (secondary N) is 2. The molecule has 3 heterocycles. The smallest absolute Gasteiger partial charge is 0.319 e. The molecule has 0 radical (unpaired) electrons. The number of hydrogen-bond acceptors (Lipinski definition) is 5. The van der Waals surface area contributed by atoms with Crippen LogP contribution < -0.4 is 15.5 Å². The number of halogens is 3. The van der Waals surface area contributed by atoms with E-state index in [1.54, 1.807) is 24.4 Å². The van der Waals surface area contributed by atoms with Gasteiger partial charge >= 0.3 is 6.03 Å². The van der Waals surface area contributed by atoms with Gasteiger partial charge in [0.1, 0.15) is 11.6 Å². The van der Waals surface area contributed by atoms with Crippen LogP contribution in [0.5, 0.6) is 0 Å². The quantitative estimate of drug-likeness (QED) is 0.486. The van der Waals surface area contributed by atoms with Crippen LogP contribution in [0.1, 0.15) is 44.6 Å². The first-order chi connectivity index (χ1) is 17.9. The lowest BCUT2D eigenvalue weighted by Gasteiger charge is -2.47. The Balaban J connectivity index is 1.14. The number of pyridine rings is 1. The summed E-state index contributed by atoms with van der Waals surface area (Å²) >= 11 is 12.5. The molecule has 2 saturated heterocycles. The van der Waals surface area contributed by atoms with Crippen molar-refractivity contribution in [2.24, 2.45) is 0 Å². The molecule has 1 aliphatic carbocycles. The van der Waals surface area contributed by atoms with E-state index >= 15 is 0 Å². The predicted molar refractivity (Wildman–Crippen MR) is 147 cm³/mol. The fourth-order valence-electron chi connectivity index (χ4n) is 5.52. The van der Waals surface area contributed by atoms with Gasteiger partial charge in [0.05, 0.1) is 16.9 Å². The lowest BCUT2D eigenvalue weighted by Crippen LogP contribution is -2.58. The largest absolute Gasteiger partial charge is 0.353 e. The van der Waals surface area contributed by atoms with Crippen LogP contribution in [0.2, 0.25) is 10.0 Å². The third-order valence-electron chi connectivity index (χ3n) is 7.73. The van der Waals surface area contributed by atoms with Crippen LogP contribution in [0.15, 0.2) is 30.5 Å². The molecule has 1 unspecified atom stereocenters. The van der Waals surface area contributed by atoms with Crippen LogP contribution >= 0.6 is 23.2 Å². The van der Waals surface area contributed by atoms with E-state index in [2.05, 4.69) is 37.2 Å². The van der Waals surface area contributed by atoms with Gasteiger partial charge in [-0.2, -0.15) is 0 Å². The van der Waals surface area contributed by atoms with Gasteiger partial charge in [0, 0.05) is 54.9 Å². The highest BCUT2D eigenvalue weighted by molar-refractivity contribution is 6.33. The Morgan fingerprint density at radius 3 is 2.57 bits per heavy atom. The molecule has 37 heavy (non-hydrogen) atoms. The Kier molecular flexibility index (Phi) is 8.39. The van der Waals surface area contributed by atoms with Crippen molar-refractivity contribution in [3.8, 4) is 0 Å². The first kappa shape index (κ1) is 26.5. The maximum absolute atomic E-state index is 14.2. The van der Waals surface area contributed by atoms with E-state index in [1.165, 1.54) is 6.07 Å². The minimum atomic E-state index is -0.227. The first-order valence-electron chi connectivity index (χ1n) is 13.3. The molecule has 0 bridgehead atoms. The van der Waals surface area contributed by atoms with Crippen molar-refractivity contribution in [1.82, 2.24) is 20.1 Å². The van der Waals surface area contributed by atoms with Crippen LogP contribution in [0.4, 0.5) is 20.7 Å². The number of piperidine rings is 1. The van der Waals surface area contributed by atoms with E-state index < -0.39 is 0 Å². The number of nitrogens with zero attached hydrogens (tertiary/aromatic N) is 4. The second kappa shape index (κ2) is 11.7. The normalized spacial score (nSPS) is 21.7. The Morgan fingerprint density at radius 2 is 1.89 bits per heavy atom. The molecule has 2 aromatic rings. The number of benzene rings is 1. The number of likely N-dealkylation sites (tertiary alicyclic amines) is 1. The SMILES string of the molecule is CCC1CN(c2ncc(NC(=O)NC3CC3)cc2Cl)CCN1C1CCN(Cc2ccc(Cl)cc2F)CC1. The minimum Gasteiger partial charge on any atom is -0.353 e. The molecule has 7 nitrogen and oxygen atoms in total. The van der Waals surface area contributed by atoms with E-state index in [1.807, 2.05) is 0 Å². The van der Waals surface area contributed by atoms with E-state index in [0.29, 0.717) is 46.0 Å². The molecule has 3 fully saturated rings. The summed E-state index contributed by atoms with van der Waals surface area (Å²) < 4.78 is 14.2. The number of urea groups is 1. The molecular weight excluding hydrogens is 514 g/mol. The fraction of sp³-hybridized carbons (Fsp3) is 0.556.